The van der Waals surface area contributed by atoms with Crippen LogP contribution >= 0.6 is 11.8 Å². The summed E-state index contributed by atoms with van der Waals surface area (Å²) in [6.45, 7) is 2.81. The quantitative estimate of drug-likeness (QED) is 0.524. The maximum absolute atomic E-state index is 11.0. The van der Waals surface area contributed by atoms with Gasteiger partial charge >= 0.3 is 17.2 Å². The van der Waals surface area contributed by atoms with Crippen LogP contribution in [0.15, 0.2) is 0 Å². The molecule has 1 atom stereocenters. The Balaban J connectivity index is 3.67. The second kappa shape index (κ2) is 7.91. The van der Waals surface area contributed by atoms with Crippen molar-refractivity contribution < 1.29 is 29.0 Å². The smallest absolute Gasteiger partial charge is 0.370 e. The number of thioether (sulfide) groups is 1. The molecule has 98 valence electrons. The second-order valence-electron chi connectivity index (χ2n) is 3.39. The second-order valence-corrected chi connectivity index (χ2v) is 4.34. The van der Waals surface area contributed by atoms with Crippen molar-refractivity contribution in [2.45, 2.75) is 19.9 Å². The fourth-order valence-electron chi connectivity index (χ4n) is 0.573. The first-order chi connectivity index (χ1) is 7.84. The zero-order chi connectivity index (χ0) is 13.4. The molecular weight excluding hydrogens is 250 g/mol. The van der Waals surface area contributed by atoms with Gasteiger partial charge in [-0.15, -0.1) is 0 Å². The molecule has 0 spiro atoms. The first kappa shape index (κ1) is 15.7. The van der Waals surface area contributed by atoms with Crippen molar-refractivity contribution in [2.75, 3.05) is 12.5 Å². The molecule has 0 aliphatic carbocycles. The van der Waals surface area contributed by atoms with E-state index in [1.165, 1.54) is 0 Å². The molecule has 0 fully saturated rings. The zero-order valence-corrected chi connectivity index (χ0v) is 10.4. The summed E-state index contributed by atoms with van der Waals surface area (Å²) in [5.74, 6) is -2.09. The Hall–Kier alpha value is -1.28. The number of nitrogens with two attached hydrogens (primary N) is 1. The Morgan fingerprint density at radius 2 is 1.88 bits per heavy atom. The van der Waals surface area contributed by atoms with E-state index < -0.39 is 30.1 Å². The topological polar surface area (TPSA) is 116 Å². The summed E-state index contributed by atoms with van der Waals surface area (Å²) in [4.78, 5) is 32.3. The van der Waals surface area contributed by atoms with Gasteiger partial charge in [-0.2, -0.15) is 0 Å². The minimum atomic E-state index is -1.20. The number of carboxylic acid groups (broad SMARTS) is 1. The first-order valence-electron chi connectivity index (χ1n) is 4.79. The molecule has 3 N–H and O–H groups in total. The predicted molar refractivity (Wildman–Crippen MR) is 60.3 cm³/mol. The maximum Gasteiger partial charge on any atom is 0.370 e. The molecule has 0 aromatic heterocycles. The molecule has 8 heteroatoms. The van der Waals surface area contributed by atoms with Crippen molar-refractivity contribution >= 4 is 29.0 Å². The summed E-state index contributed by atoms with van der Waals surface area (Å²) in [6.07, 6.45) is 0. The highest BCUT2D eigenvalue weighted by atomic mass is 32.2. The number of hydrogen-bond donors (Lipinski definition) is 2. The number of esters is 1. The molecule has 0 saturated heterocycles. The largest absolute Gasteiger partial charge is 0.480 e. The third-order valence-corrected chi connectivity index (χ3v) is 2.43. The van der Waals surface area contributed by atoms with Crippen molar-refractivity contribution in [3.05, 3.63) is 0 Å². The maximum atomic E-state index is 11.0. The number of carboxylic acids is 1. The normalized spacial score (nSPS) is 12.0. The Morgan fingerprint density at radius 3 is 2.35 bits per heavy atom. The van der Waals surface area contributed by atoms with E-state index in [-0.39, 0.29) is 11.7 Å². The van der Waals surface area contributed by atoms with Crippen molar-refractivity contribution in [1.82, 2.24) is 0 Å². The molecule has 0 heterocycles. The Bertz CT molecular complexity index is 293. The van der Waals surface area contributed by atoms with Gasteiger partial charge in [0.1, 0.15) is 6.04 Å². The first-order valence-corrected chi connectivity index (χ1v) is 5.77. The van der Waals surface area contributed by atoms with Crippen LogP contribution in [0, 0.1) is 5.92 Å². The lowest BCUT2D eigenvalue weighted by Gasteiger charge is -2.08. The monoisotopic (exact) mass is 265 g/mol. The van der Waals surface area contributed by atoms with Gasteiger partial charge in [-0.05, 0) is 11.8 Å². The molecule has 0 aliphatic rings. The summed E-state index contributed by atoms with van der Waals surface area (Å²) < 4.78 is 9.11. The van der Waals surface area contributed by atoms with Crippen LogP contribution in [-0.4, -0.2) is 40.9 Å². The third-order valence-electron chi connectivity index (χ3n) is 1.55. The molecule has 17 heavy (non-hydrogen) atoms. The highest BCUT2D eigenvalue weighted by Crippen LogP contribution is 2.07. The summed E-state index contributed by atoms with van der Waals surface area (Å²) in [6, 6.07) is -1.13. The average Bonchev–Trinajstić information content (AvgIpc) is 2.25. The molecule has 7 nitrogen and oxygen atoms in total. The van der Waals surface area contributed by atoms with E-state index in [1.54, 1.807) is 13.8 Å². The highest BCUT2D eigenvalue weighted by Gasteiger charge is 2.15. The van der Waals surface area contributed by atoms with Crippen molar-refractivity contribution in [2.24, 2.45) is 11.7 Å². The number of rotatable bonds is 6. The van der Waals surface area contributed by atoms with Gasteiger partial charge in [0.05, 0.1) is 5.92 Å². The van der Waals surface area contributed by atoms with Gasteiger partial charge in [0.25, 0.3) is 0 Å². The van der Waals surface area contributed by atoms with Crippen LogP contribution in [0.25, 0.3) is 0 Å². The summed E-state index contributed by atoms with van der Waals surface area (Å²) in [5.41, 5.74) is 5.17. The Morgan fingerprint density at radius 1 is 1.29 bits per heavy atom. The lowest BCUT2D eigenvalue weighted by atomic mass is 10.2. The van der Waals surface area contributed by atoms with Crippen molar-refractivity contribution in [1.29, 1.82) is 0 Å². The number of hydrogen-bond acceptors (Lipinski definition) is 7. The lowest BCUT2D eigenvalue weighted by Crippen LogP contribution is -2.33. The molecule has 0 amide bonds. The van der Waals surface area contributed by atoms with E-state index in [0.717, 1.165) is 0 Å². The van der Waals surface area contributed by atoms with Gasteiger partial charge in [0.2, 0.25) is 6.79 Å². The molecule has 0 rings (SSSR count). The summed E-state index contributed by atoms with van der Waals surface area (Å²) in [5, 5.41) is 7.71. The average molecular weight is 265 g/mol. The third kappa shape index (κ3) is 7.58. The molecule has 0 radical (unpaired) electrons. The predicted octanol–water partition coefficient (Wildman–Crippen LogP) is 0.425. The van der Waals surface area contributed by atoms with Crippen LogP contribution in [0.1, 0.15) is 13.8 Å². The minimum absolute atomic E-state index is 0.105. The lowest BCUT2D eigenvalue weighted by molar-refractivity contribution is -0.155. The van der Waals surface area contributed by atoms with Crippen LogP contribution in [0.5, 0.6) is 0 Å². The Labute approximate surface area is 103 Å². The molecule has 0 bridgehead atoms. The fourth-order valence-corrected chi connectivity index (χ4v) is 1.16. The fraction of sp³-hybridized carbons (Fsp3) is 0.667. The van der Waals surface area contributed by atoms with Crippen LogP contribution in [-0.2, 0) is 19.1 Å². The van der Waals surface area contributed by atoms with Crippen LogP contribution in [0.3, 0.4) is 0 Å². The summed E-state index contributed by atoms with van der Waals surface area (Å²) >= 11 is 0.615. The Kier molecular flexibility index (Phi) is 7.31. The number of ether oxygens (including phenoxy) is 2. The number of aliphatic carboxylic acids is 1. The molecule has 0 aromatic rings. The van der Waals surface area contributed by atoms with E-state index >= 15 is 0 Å². The van der Waals surface area contributed by atoms with Crippen molar-refractivity contribution in [3.63, 3.8) is 0 Å². The standard InChI is InChI=1S/C9H15NO6S/c1-5(2)8(13)15-4-16-9(14)17-3-6(10)7(11)12/h5-6H,3-4,10H2,1-2H3,(H,11,12). The van der Waals surface area contributed by atoms with Gasteiger partial charge in [0.15, 0.2) is 0 Å². The van der Waals surface area contributed by atoms with Gasteiger partial charge in [-0.25, -0.2) is 4.79 Å². The van der Waals surface area contributed by atoms with Crippen LogP contribution < -0.4 is 5.73 Å². The van der Waals surface area contributed by atoms with Crippen LogP contribution in [0.2, 0.25) is 0 Å². The van der Waals surface area contributed by atoms with Crippen molar-refractivity contribution in [3.8, 4) is 0 Å². The van der Waals surface area contributed by atoms with E-state index in [9.17, 15) is 14.4 Å². The van der Waals surface area contributed by atoms with Gasteiger partial charge < -0.3 is 20.3 Å². The summed E-state index contributed by atoms with van der Waals surface area (Å²) in [7, 11) is 0. The molecule has 0 saturated carbocycles. The molecular formula is C9H15NO6S. The van der Waals surface area contributed by atoms with Crippen LogP contribution in [0.4, 0.5) is 4.79 Å². The molecule has 0 aliphatic heterocycles. The van der Waals surface area contributed by atoms with E-state index in [2.05, 4.69) is 9.47 Å². The highest BCUT2D eigenvalue weighted by molar-refractivity contribution is 8.13. The minimum Gasteiger partial charge on any atom is -0.480 e. The number of carbonyl (C=O) groups is 3. The van der Waals surface area contributed by atoms with Gasteiger partial charge in [0, 0.05) is 5.75 Å². The van der Waals surface area contributed by atoms with E-state index in [1.807, 2.05) is 0 Å². The molecule has 0 aromatic carbocycles. The number of carbonyl (C=O) groups excluding carboxylic acids is 2. The molecule has 1 unspecified atom stereocenters. The van der Waals surface area contributed by atoms with Gasteiger partial charge in [-0.3, -0.25) is 9.59 Å². The van der Waals surface area contributed by atoms with E-state index in [4.69, 9.17) is 10.8 Å². The van der Waals surface area contributed by atoms with E-state index in [0.29, 0.717) is 11.8 Å². The van der Waals surface area contributed by atoms with Gasteiger partial charge in [-0.1, -0.05) is 13.8 Å². The SMILES string of the molecule is CC(C)C(=O)OCOC(=O)SCC(N)C(=O)O. The zero-order valence-electron chi connectivity index (χ0n) is 9.54.